The van der Waals surface area contributed by atoms with Gasteiger partial charge in [-0.15, -0.1) is 0 Å². The Balaban J connectivity index is 2.13. The normalized spacial score (nSPS) is 11.3. The topological polar surface area (TPSA) is 95.1 Å². The molecule has 0 spiro atoms. The van der Waals surface area contributed by atoms with Gasteiger partial charge in [-0.1, -0.05) is 30.3 Å². The van der Waals surface area contributed by atoms with Crippen molar-refractivity contribution in [3.63, 3.8) is 0 Å². The Bertz CT molecular complexity index is 946. The van der Waals surface area contributed by atoms with E-state index in [0.29, 0.717) is 17.7 Å². The van der Waals surface area contributed by atoms with Crippen molar-refractivity contribution >= 4 is 16.3 Å². The molecule has 0 bridgehead atoms. The lowest BCUT2D eigenvalue weighted by Crippen LogP contribution is -2.12. The summed E-state index contributed by atoms with van der Waals surface area (Å²) in [4.78, 5) is 11.1. The lowest BCUT2D eigenvalue weighted by Gasteiger charge is -2.08. The van der Waals surface area contributed by atoms with Crippen LogP contribution >= 0.6 is 0 Å². The first-order valence-electron chi connectivity index (χ1n) is 6.73. The average molecular weight is 327 g/mol. The minimum atomic E-state index is -3.75. The van der Waals surface area contributed by atoms with Crippen LogP contribution in [0.3, 0.4) is 0 Å². The first-order valence-corrected chi connectivity index (χ1v) is 8.27. The van der Waals surface area contributed by atoms with Crippen LogP contribution in [0.15, 0.2) is 65.6 Å². The van der Waals surface area contributed by atoms with E-state index in [1.54, 1.807) is 22.9 Å². The predicted molar refractivity (Wildman–Crippen MR) is 85.8 cm³/mol. The van der Waals surface area contributed by atoms with Crippen LogP contribution in [0.25, 0.3) is 16.9 Å². The van der Waals surface area contributed by atoms with Crippen molar-refractivity contribution in [3.05, 3.63) is 66.4 Å². The van der Waals surface area contributed by atoms with Crippen LogP contribution < -0.4 is 5.14 Å². The van der Waals surface area contributed by atoms with E-state index >= 15 is 0 Å². The Hall–Kier alpha value is -2.77. The molecule has 6 nitrogen and oxygen atoms in total. The molecule has 2 N–H and O–H groups in total. The Morgan fingerprint density at radius 1 is 1.00 bits per heavy atom. The number of hydrogen-bond acceptors (Lipinski definition) is 4. The van der Waals surface area contributed by atoms with Gasteiger partial charge in [0.05, 0.1) is 16.3 Å². The van der Waals surface area contributed by atoms with Gasteiger partial charge in [-0.25, -0.2) is 18.2 Å². The van der Waals surface area contributed by atoms with E-state index in [1.807, 2.05) is 30.3 Å². The molecule has 23 heavy (non-hydrogen) atoms. The number of benzene rings is 2. The molecular formula is C16H13N3O3S. The molecule has 116 valence electrons. The number of rotatable bonds is 4. The minimum absolute atomic E-state index is 0.0188. The smallest absolute Gasteiger partial charge is 0.238 e. The fraction of sp³-hybridized carbons (Fsp3) is 0. The second-order valence-electron chi connectivity index (χ2n) is 4.89. The van der Waals surface area contributed by atoms with Crippen molar-refractivity contribution in [2.75, 3.05) is 0 Å². The molecule has 3 rings (SSSR count). The van der Waals surface area contributed by atoms with E-state index in [2.05, 4.69) is 5.10 Å². The zero-order valence-corrected chi connectivity index (χ0v) is 12.8. The molecular weight excluding hydrogens is 314 g/mol. The van der Waals surface area contributed by atoms with Crippen molar-refractivity contribution < 1.29 is 13.2 Å². The molecule has 0 fully saturated rings. The van der Waals surface area contributed by atoms with Crippen LogP contribution in [0.1, 0.15) is 10.5 Å². The Labute approximate surface area is 133 Å². The fourth-order valence-corrected chi connectivity index (χ4v) is 2.76. The number of carbonyl (C=O) groups is 1. The second-order valence-corrected chi connectivity index (χ2v) is 6.45. The maximum atomic E-state index is 11.3. The third-order valence-corrected chi connectivity index (χ3v) is 4.26. The number of carbonyl (C=O) groups excluding carboxylic acids is 1. The monoisotopic (exact) mass is 327 g/mol. The highest BCUT2D eigenvalue weighted by Crippen LogP contribution is 2.24. The van der Waals surface area contributed by atoms with Gasteiger partial charge in [-0.3, -0.25) is 4.79 Å². The molecule has 0 aliphatic rings. The Morgan fingerprint density at radius 3 is 2.22 bits per heavy atom. The molecule has 0 radical (unpaired) electrons. The van der Waals surface area contributed by atoms with Gasteiger partial charge in [0, 0.05) is 5.56 Å². The molecule has 2 aromatic carbocycles. The van der Waals surface area contributed by atoms with Crippen LogP contribution in [0.4, 0.5) is 0 Å². The third kappa shape index (κ3) is 3.05. The Kier molecular flexibility index (Phi) is 3.81. The lowest BCUT2D eigenvalue weighted by molar-refractivity contribution is 0.111. The van der Waals surface area contributed by atoms with E-state index in [9.17, 15) is 13.2 Å². The van der Waals surface area contributed by atoms with Gasteiger partial charge in [0.1, 0.15) is 5.69 Å². The zero-order valence-electron chi connectivity index (χ0n) is 12.0. The van der Waals surface area contributed by atoms with Crippen molar-refractivity contribution in [1.82, 2.24) is 9.78 Å². The quantitative estimate of drug-likeness (QED) is 0.741. The summed E-state index contributed by atoms with van der Waals surface area (Å²) in [7, 11) is -3.75. The minimum Gasteiger partial charge on any atom is -0.296 e. The summed E-state index contributed by atoms with van der Waals surface area (Å²) in [6, 6.07) is 17.1. The molecule has 3 aromatic rings. The number of primary sulfonamides is 1. The summed E-state index contributed by atoms with van der Waals surface area (Å²) >= 11 is 0. The predicted octanol–water partition coefficient (Wildman–Crippen LogP) is 2.00. The largest absolute Gasteiger partial charge is 0.296 e. The molecule has 0 unspecified atom stereocenters. The number of nitrogens with two attached hydrogens (primary N) is 1. The van der Waals surface area contributed by atoms with Crippen LogP contribution in [0.2, 0.25) is 0 Å². The highest BCUT2D eigenvalue weighted by atomic mass is 32.2. The summed E-state index contributed by atoms with van der Waals surface area (Å²) in [6.07, 6.45) is 0.668. The molecule has 7 heteroatoms. The summed E-state index contributed by atoms with van der Waals surface area (Å²) in [6.45, 7) is 0. The van der Waals surface area contributed by atoms with E-state index in [0.717, 1.165) is 11.3 Å². The summed E-state index contributed by atoms with van der Waals surface area (Å²) in [5, 5.41) is 9.33. The van der Waals surface area contributed by atoms with Gasteiger partial charge < -0.3 is 0 Å². The number of sulfonamides is 1. The maximum absolute atomic E-state index is 11.3. The van der Waals surface area contributed by atoms with E-state index in [4.69, 9.17) is 5.14 Å². The first kappa shape index (κ1) is 15.1. The average Bonchev–Trinajstić information content (AvgIpc) is 2.99. The van der Waals surface area contributed by atoms with Gasteiger partial charge in [0.15, 0.2) is 6.29 Å². The molecule has 0 aliphatic carbocycles. The maximum Gasteiger partial charge on any atom is 0.238 e. The Morgan fingerprint density at radius 2 is 1.65 bits per heavy atom. The van der Waals surface area contributed by atoms with Gasteiger partial charge in [-0.05, 0) is 30.3 Å². The van der Waals surface area contributed by atoms with E-state index in [1.165, 1.54) is 12.1 Å². The molecule has 0 aliphatic heterocycles. The van der Waals surface area contributed by atoms with Crippen LogP contribution in [0, 0.1) is 0 Å². The van der Waals surface area contributed by atoms with Gasteiger partial charge in [0.25, 0.3) is 0 Å². The van der Waals surface area contributed by atoms with Crippen LogP contribution in [-0.4, -0.2) is 24.5 Å². The van der Waals surface area contributed by atoms with E-state index in [-0.39, 0.29) is 4.90 Å². The number of aldehydes is 1. The SMILES string of the molecule is NS(=O)(=O)c1ccc(-n2nc(C=O)cc2-c2ccccc2)cc1. The lowest BCUT2D eigenvalue weighted by atomic mass is 10.1. The van der Waals surface area contributed by atoms with Gasteiger partial charge in [0.2, 0.25) is 10.0 Å². The van der Waals surface area contributed by atoms with Crippen LogP contribution in [-0.2, 0) is 10.0 Å². The fourth-order valence-electron chi connectivity index (χ4n) is 2.25. The van der Waals surface area contributed by atoms with Crippen molar-refractivity contribution in [2.24, 2.45) is 5.14 Å². The van der Waals surface area contributed by atoms with Gasteiger partial charge in [-0.2, -0.15) is 5.10 Å². The van der Waals surface area contributed by atoms with Crippen molar-refractivity contribution in [2.45, 2.75) is 4.90 Å². The van der Waals surface area contributed by atoms with Crippen molar-refractivity contribution in [3.8, 4) is 16.9 Å². The highest BCUT2D eigenvalue weighted by Gasteiger charge is 2.13. The highest BCUT2D eigenvalue weighted by molar-refractivity contribution is 7.89. The molecule has 0 saturated heterocycles. The standard InChI is InChI=1S/C16H13N3O3S/c17-23(21,22)15-8-6-14(7-9-15)19-16(10-13(11-20)18-19)12-4-2-1-3-5-12/h1-11H,(H2,17,21,22). The number of nitrogens with zero attached hydrogens (tertiary/aromatic N) is 2. The zero-order chi connectivity index (χ0) is 16.4. The molecule has 1 aromatic heterocycles. The van der Waals surface area contributed by atoms with Crippen LogP contribution in [0.5, 0.6) is 0 Å². The van der Waals surface area contributed by atoms with E-state index < -0.39 is 10.0 Å². The second kappa shape index (κ2) is 5.79. The summed E-state index contributed by atoms with van der Waals surface area (Å²) in [5.41, 5.74) is 2.54. The third-order valence-electron chi connectivity index (χ3n) is 3.33. The molecule has 0 atom stereocenters. The van der Waals surface area contributed by atoms with Crippen molar-refractivity contribution in [1.29, 1.82) is 0 Å². The first-order chi connectivity index (χ1) is 11.0. The molecule has 0 amide bonds. The number of hydrogen-bond donors (Lipinski definition) is 1. The molecule has 0 saturated carbocycles. The molecule has 1 heterocycles. The number of aromatic nitrogens is 2. The summed E-state index contributed by atoms with van der Waals surface area (Å²) < 4.78 is 24.2. The summed E-state index contributed by atoms with van der Waals surface area (Å²) in [5.74, 6) is 0. The van der Waals surface area contributed by atoms with Gasteiger partial charge >= 0.3 is 0 Å².